The van der Waals surface area contributed by atoms with Gasteiger partial charge in [-0.15, -0.1) is 0 Å². The lowest BCUT2D eigenvalue weighted by Gasteiger charge is -2.33. The van der Waals surface area contributed by atoms with Crippen LogP contribution in [0.15, 0.2) is 24.3 Å². The molecule has 2 N–H and O–H groups in total. The zero-order chi connectivity index (χ0) is 22.2. The second kappa shape index (κ2) is 7.81. The highest BCUT2D eigenvalue weighted by molar-refractivity contribution is 6.09. The maximum Gasteiger partial charge on any atom is 0.325 e. The standard InChI is InChI=1S/C23H35N3O3/c1-15(2)16-9-11-17(12-10-16)23(8)19(28)26(20(29)25-23)13-18(27)24-22(6,7)14-21(3,4)5/h9-12,15H,13-14H2,1-8H3,(H,24,27)(H,25,29)/t23-/m1/s1. The van der Waals surface area contributed by atoms with Gasteiger partial charge in [-0.1, -0.05) is 58.9 Å². The second-order valence-corrected chi connectivity index (χ2v) is 10.4. The molecule has 1 aromatic rings. The third kappa shape index (κ3) is 5.37. The van der Waals surface area contributed by atoms with Crippen molar-refractivity contribution in [2.24, 2.45) is 5.41 Å². The van der Waals surface area contributed by atoms with Crippen LogP contribution in [0.1, 0.15) is 78.9 Å². The van der Waals surface area contributed by atoms with Crippen LogP contribution in [-0.4, -0.2) is 34.8 Å². The molecule has 1 atom stereocenters. The minimum Gasteiger partial charge on any atom is -0.350 e. The van der Waals surface area contributed by atoms with Crippen molar-refractivity contribution in [1.82, 2.24) is 15.5 Å². The third-order valence-corrected chi connectivity index (χ3v) is 5.18. The van der Waals surface area contributed by atoms with Crippen LogP contribution in [0.25, 0.3) is 0 Å². The van der Waals surface area contributed by atoms with Crippen molar-refractivity contribution >= 4 is 17.8 Å². The van der Waals surface area contributed by atoms with E-state index in [0.717, 1.165) is 16.9 Å². The smallest absolute Gasteiger partial charge is 0.325 e. The topological polar surface area (TPSA) is 78.5 Å². The lowest BCUT2D eigenvalue weighted by molar-refractivity contribution is -0.135. The molecule has 1 heterocycles. The molecule has 6 nitrogen and oxygen atoms in total. The van der Waals surface area contributed by atoms with Gasteiger partial charge >= 0.3 is 6.03 Å². The lowest BCUT2D eigenvalue weighted by Crippen LogP contribution is -2.50. The number of carbonyl (C=O) groups excluding carboxylic acids is 3. The van der Waals surface area contributed by atoms with Gasteiger partial charge in [0.05, 0.1) is 0 Å². The van der Waals surface area contributed by atoms with Gasteiger partial charge in [0.15, 0.2) is 0 Å². The second-order valence-electron chi connectivity index (χ2n) is 10.4. The van der Waals surface area contributed by atoms with E-state index in [9.17, 15) is 14.4 Å². The molecule has 1 aliphatic rings. The molecule has 6 heteroatoms. The number of amides is 4. The molecular weight excluding hydrogens is 366 g/mol. The number of urea groups is 1. The maximum absolute atomic E-state index is 13.0. The van der Waals surface area contributed by atoms with Gasteiger partial charge in [-0.05, 0) is 49.7 Å². The summed E-state index contributed by atoms with van der Waals surface area (Å²) in [6, 6.07) is 7.12. The van der Waals surface area contributed by atoms with Crippen LogP contribution in [0.4, 0.5) is 4.79 Å². The summed E-state index contributed by atoms with van der Waals surface area (Å²) >= 11 is 0. The summed E-state index contributed by atoms with van der Waals surface area (Å²) in [6.45, 7) is 15.8. The first kappa shape index (κ1) is 22.9. The zero-order valence-electron chi connectivity index (χ0n) is 19.0. The number of imide groups is 1. The highest BCUT2D eigenvalue weighted by Gasteiger charge is 2.49. The summed E-state index contributed by atoms with van der Waals surface area (Å²) < 4.78 is 0. The Hall–Kier alpha value is -2.37. The fraction of sp³-hybridized carbons (Fsp3) is 0.609. The monoisotopic (exact) mass is 401 g/mol. The zero-order valence-corrected chi connectivity index (χ0v) is 19.0. The van der Waals surface area contributed by atoms with Crippen molar-refractivity contribution in [2.75, 3.05) is 6.54 Å². The minimum absolute atomic E-state index is 0.0400. The fourth-order valence-corrected chi connectivity index (χ4v) is 4.17. The molecule has 0 saturated carbocycles. The largest absolute Gasteiger partial charge is 0.350 e. The Kier molecular flexibility index (Phi) is 6.17. The van der Waals surface area contributed by atoms with E-state index >= 15 is 0 Å². The fourth-order valence-electron chi connectivity index (χ4n) is 4.17. The van der Waals surface area contributed by atoms with Gasteiger partial charge in [-0.25, -0.2) is 4.79 Å². The van der Waals surface area contributed by atoms with Crippen LogP contribution in [0.2, 0.25) is 0 Å². The average Bonchev–Trinajstić information content (AvgIpc) is 2.76. The first-order valence-corrected chi connectivity index (χ1v) is 10.2. The van der Waals surface area contributed by atoms with E-state index in [1.165, 1.54) is 0 Å². The lowest BCUT2D eigenvalue weighted by atomic mass is 9.82. The minimum atomic E-state index is -1.17. The van der Waals surface area contributed by atoms with Crippen LogP contribution < -0.4 is 10.6 Å². The predicted octanol–water partition coefficient (Wildman–Crippen LogP) is 3.91. The Morgan fingerprint density at radius 3 is 2.14 bits per heavy atom. The summed E-state index contributed by atoms with van der Waals surface area (Å²) in [5.41, 5.74) is 0.291. The molecular formula is C23H35N3O3. The molecule has 1 aliphatic heterocycles. The number of hydrogen-bond acceptors (Lipinski definition) is 3. The summed E-state index contributed by atoms with van der Waals surface area (Å²) in [7, 11) is 0. The average molecular weight is 402 g/mol. The van der Waals surface area contributed by atoms with Crippen LogP contribution in [0, 0.1) is 5.41 Å². The highest BCUT2D eigenvalue weighted by atomic mass is 16.2. The summed E-state index contributed by atoms with van der Waals surface area (Å²) in [5.74, 6) is -0.381. The summed E-state index contributed by atoms with van der Waals surface area (Å²) in [4.78, 5) is 39.1. The molecule has 1 aromatic carbocycles. The van der Waals surface area contributed by atoms with Gasteiger partial charge in [0.2, 0.25) is 5.91 Å². The molecule has 160 valence electrons. The number of benzene rings is 1. The Morgan fingerprint density at radius 2 is 1.66 bits per heavy atom. The SMILES string of the molecule is CC(C)c1ccc([C@@]2(C)NC(=O)N(CC(=O)NC(C)(C)CC(C)(C)C)C2=O)cc1. The van der Waals surface area contributed by atoms with Crippen LogP contribution in [0.5, 0.6) is 0 Å². The highest BCUT2D eigenvalue weighted by Crippen LogP contribution is 2.30. The first-order valence-electron chi connectivity index (χ1n) is 10.2. The number of carbonyl (C=O) groups is 3. The van der Waals surface area contributed by atoms with Crippen LogP contribution >= 0.6 is 0 Å². The van der Waals surface area contributed by atoms with E-state index in [-0.39, 0.29) is 17.9 Å². The van der Waals surface area contributed by atoms with E-state index in [0.29, 0.717) is 11.5 Å². The number of hydrogen-bond donors (Lipinski definition) is 2. The Morgan fingerprint density at radius 1 is 1.10 bits per heavy atom. The Labute approximate surface area is 174 Å². The Balaban J connectivity index is 2.13. The van der Waals surface area contributed by atoms with Gasteiger partial charge in [0.25, 0.3) is 5.91 Å². The van der Waals surface area contributed by atoms with Crippen molar-refractivity contribution in [3.63, 3.8) is 0 Å². The number of nitrogens with one attached hydrogen (secondary N) is 2. The van der Waals surface area contributed by atoms with Crippen molar-refractivity contribution < 1.29 is 14.4 Å². The number of nitrogens with zero attached hydrogens (tertiary/aromatic N) is 1. The van der Waals surface area contributed by atoms with Gasteiger partial charge in [-0.3, -0.25) is 14.5 Å². The first-order chi connectivity index (χ1) is 13.1. The van der Waals surface area contributed by atoms with Gasteiger partial charge in [0, 0.05) is 5.54 Å². The molecule has 4 amide bonds. The van der Waals surface area contributed by atoms with Gasteiger partial charge < -0.3 is 10.6 Å². The van der Waals surface area contributed by atoms with E-state index < -0.39 is 23.0 Å². The van der Waals surface area contributed by atoms with E-state index in [1.54, 1.807) is 6.92 Å². The molecule has 0 aliphatic carbocycles. The van der Waals surface area contributed by atoms with E-state index in [1.807, 2.05) is 38.1 Å². The van der Waals surface area contributed by atoms with E-state index in [2.05, 4.69) is 45.3 Å². The molecule has 0 spiro atoms. The van der Waals surface area contributed by atoms with Crippen LogP contribution in [-0.2, 0) is 15.1 Å². The molecule has 0 bridgehead atoms. The number of rotatable bonds is 6. The third-order valence-electron chi connectivity index (χ3n) is 5.18. The van der Waals surface area contributed by atoms with Gasteiger partial charge in [0.1, 0.15) is 12.1 Å². The Bertz CT molecular complexity index is 791. The van der Waals surface area contributed by atoms with Crippen LogP contribution in [0.3, 0.4) is 0 Å². The van der Waals surface area contributed by atoms with Crippen molar-refractivity contribution in [3.05, 3.63) is 35.4 Å². The van der Waals surface area contributed by atoms with Gasteiger partial charge in [-0.2, -0.15) is 0 Å². The molecule has 0 aromatic heterocycles. The molecule has 0 radical (unpaired) electrons. The molecule has 29 heavy (non-hydrogen) atoms. The normalized spacial score (nSPS) is 20.2. The predicted molar refractivity (Wildman–Crippen MR) is 114 cm³/mol. The maximum atomic E-state index is 13.0. The molecule has 2 rings (SSSR count). The molecule has 1 fully saturated rings. The van der Waals surface area contributed by atoms with Crippen molar-refractivity contribution in [1.29, 1.82) is 0 Å². The summed E-state index contributed by atoms with van der Waals surface area (Å²) in [5, 5.41) is 5.71. The molecule has 1 saturated heterocycles. The summed E-state index contributed by atoms with van der Waals surface area (Å²) in [6.07, 6.45) is 0.770. The van der Waals surface area contributed by atoms with E-state index in [4.69, 9.17) is 0 Å². The van der Waals surface area contributed by atoms with Crippen molar-refractivity contribution in [3.8, 4) is 0 Å². The van der Waals surface area contributed by atoms with Crippen molar-refractivity contribution in [2.45, 2.75) is 78.8 Å². The quantitative estimate of drug-likeness (QED) is 0.710. The molecule has 0 unspecified atom stereocenters.